The largest absolute Gasteiger partial charge is 0.459 e. The van der Waals surface area contributed by atoms with Gasteiger partial charge in [-0.05, 0) is 46.2 Å². The fourth-order valence-electron chi connectivity index (χ4n) is 4.90. The van der Waals surface area contributed by atoms with E-state index in [0.29, 0.717) is 36.7 Å². The fraction of sp³-hybridized carbons (Fsp3) is 0.467. The topological polar surface area (TPSA) is 235 Å². The summed E-state index contributed by atoms with van der Waals surface area (Å²) < 4.78 is 17.1. The third-order valence-electron chi connectivity index (χ3n) is 7.02. The monoisotopic (exact) mass is 681 g/mol. The molecule has 2 aromatic heterocycles. The van der Waals surface area contributed by atoms with Crippen molar-refractivity contribution in [2.24, 2.45) is 5.73 Å². The zero-order valence-corrected chi connectivity index (χ0v) is 27.8. The lowest BCUT2D eigenvalue weighted by molar-refractivity contribution is -0.161. The van der Waals surface area contributed by atoms with Gasteiger partial charge in [0.05, 0.1) is 60.3 Å². The Balaban J connectivity index is 1.62. The van der Waals surface area contributed by atoms with E-state index in [9.17, 15) is 24.9 Å². The number of aromatic nitrogens is 4. The third kappa shape index (κ3) is 8.49. The quantitative estimate of drug-likeness (QED) is 0.178. The van der Waals surface area contributed by atoms with Crippen LogP contribution in [0.1, 0.15) is 51.8 Å². The number of carbonyl (C=O) groups excluding carboxylic acids is 3. The van der Waals surface area contributed by atoms with Crippen LogP contribution in [0.25, 0.3) is 5.65 Å². The van der Waals surface area contributed by atoms with Crippen molar-refractivity contribution in [3.63, 3.8) is 0 Å². The normalized spacial score (nSPS) is 16.6. The van der Waals surface area contributed by atoms with Crippen LogP contribution < -0.4 is 26.6 Å². The number of rotatable bonds is 10. The molecule has 0 aliphatic carbocycles. The average molecular weight is 682 g/mol. The van der Waals surface area contributed by atoms with Crippen LogP contribution in [-0.4, -0.2) is 88.1 Å². The number of hydrogen-bond acceptors (Lipinski definition) is 15. The van der Waals surface area contributed by atoms with Gasteiger partial charge in [0.15, 0.2) is 17.2 Å². The zero-order valence-electron chi connectivity index (χ0n) is 27.0. The van der Waals surface area contributed by atoms with Crippen LogP contribution in [0.5, 0.6) is 0 Å². The maximum Gasteiger partial charge on any atom is 0.407 e. The molecule has 17 nitrogen and oxygen atoms in total. The number of fused-ring (bicyclic) bond motifs is 1. The molecule has 1 aromatic carbocycles. The summed E-state index contributed by atoms with van der Waals surface area (Å²) in [5.41, 5.74) is 6.62. The fourth-order valence-corrected chi connectivity index (χ4v) is 5.18. The molecule has 3 atom stereocenters. The van der Waals surface area contributed by atoms with Crippen LogP contribution in [0.15, 0.2) is 18.3 Å². The molecule has 254 valence electrons. The summed E-state index contributed by atoms with van der Waals surface area (Å²) in [4.78, 5) is 47.9. The minimum atomic E-state index is -1.26. The second-order valence-electron chi connectivity index (χ2n) is 11.7. The Morgan fingerprint density at radius 2 is 1.98 bits per heavy atom. The molecule has 4 rings (SSSR count). The van der Waals surface area contributed by atoms with Gasteiger partial charge in [-0.15, -0.1) is 5.10 Å². The first kappa shape index (κ1) is 35.5. The van der Waals surface area contributed by atoms with E-state index in [4.69, 9.17) is 31.5 Å². The van der Waals surface area contributed by atoms with Crippen molar-refractivity contribution in [2.45, 2.75) is 64.3 Å². The predicted octanol–water partition coefficient (Wildman–Crippen LogP) is 2.60. The van der Waals surface area contributed by atoms with E-state index in [1.165, 1.54) is 23.9 Å². The Bertz CT molecular complexity index is 1780. The lowest BCUT2D eigenvalue weighted by Gasteiger charge is -2.39. The molecule has 3 heterocycles. The van der Waals surface area contributed by atoms with E-state index in [-0.39, 0.29) is 34.5 Å². The molecule has 3 aromatic rings. The molecule has 1 fully saturated rings. The van der Waals surface area contributed by atoms with Crippen LogP contribution in [-0.2, 0) is 23.8 Å². The number of amides is 1. The summed E-state index contributed by atoms with van der Waals surface area (Å²) >= 11 is 6.91. The molecule has 0 spiro atoms. The van der Waals surface area contributed by atoms with E-state index in [1.807, 2.05) is 13.0 Å². The minimum absolute atomic E-state index is 0.0453. The summed E-state index contributed by atoms with van der Waals surface area (Å²) in [6, 6.07) is 5.33. The highest BCUT2D eigenvalue weighted by atomic mass is 35.5. The van der Waals surface area contributed by atoms with Crippen molar-refractivity contribution >= 4 is 58.4 Å². The van der Waals surface area contributed by atoms with Crippen molar-refractivity contribution in [1.29, 1.82) is 10.5 Å². The van der Waals surface area contributed by atoms with Crippen molar-refractivity contribution < 1.29 is 28.6 Å². The summed E-state index contributed by atoms with van der Waals surface area (Å²) in [6.45, 7) is 7.82. The number of nitrogens with one attached hydrogen (secondary N) is 3. The molecule has 0 unspecified atom stereocenters. The lowest BCUT2D eigenvalue weighted by Crippen LogP contribution is -2.56. The molecule has 18 heteroatoms. The molecule has 1 saturated heterocycles. The first-order chi connectivity index (χ1) is 22.8. The number of anilines is 4. The number of nitrogens with zero attached hydrogens (tertiary/aromatic N) is 7. The second-order valence-corrected chi connectivity index (χ2v) is 12.1. The third-order valence-corrected chi connectivity index (χ3v) is 7.41. The van der Waals surface area contributed by atoms with E-state index in [0.717, 1.165) is 0 Å². The van der Waals surface area contributed by atoms with Gasteiger partial charge >= 0.3 is 18.0 Å². The Labute approximate surface area is 281 Å². The highest BCUT2D eigenvalue weighted by Gasteiger charge is 2.36. The Morgan fingerprint density at radius 3 is 2.62 bits per heavy atom. The number of alkyl carbamates (subject to hydrolysis) is 1. The average Bonchev–Trinajstić information content (AvgIpc) is 3.45. The number of nitriles is 2. The molecule has 48 heavy (non-hydrogen) atoms. The molecule has 0 radical (unpaired) electrons. The number of nitrogens with two attached hydrogens (primary N) is 1. The SMILES string of the molecule is CCNc1nc(Nc2cc(C#N)cc(N3CC[C@@H](NC(=O)OC)[C@H](OC(=O)C[C@H](N)C(=O)OC(C)(C)C)C3)c2Cl)nn2c(C#N)cnc12. The van der Waals surface area contributed by atoms with Gasteiger partial charge in [0.1, 0.15) is 23.8 Å². The summed E-state index contributed by atoms with van der Waals surface area (Å²) in [5.74, 6) is -1.09. The number of carbonyl (C=O) groups is 3. The maximum atomic E-state index is 13.0. The minimum Gasteiger partial charge on any atom is -0.459 e. The number of hydrogen-bond donors (Lipinski definition) is 4. The molecule has 0 bridgehead atoms. The summed E-state index contributed by atoms with van der Waals surface area (Å²) in [6.07, 6.45) is -0.428. The number of methoxy groups -OCH3 is 1. The van der Waals surface area contributed by atoms with Crippen molar-refractivity contribution in [3.05, 3.63) is 34.6 Å². The van der Waals surface area contributed by atoms with Gasteiger partial charge in [-0.1, -0.05) is 11.6 Å². The number of halogens is 1. The van der Waals surface area contributed by atoms with Gasteiger partial charge in [0, 0.05) is 13.1 Å². The molecular weight excluding hydrogens is 646 g/mol. The molecular formula is C30H36ClN11O6. The van der Waals surface area contributed by atoms with Gasteiger partial charge in [0.2, 0.25) is 5.95 Å². The molecule has 5 N–H and O–H groups in total. The smallest absolute Gasteiger partial charge is 0.407 e. The van der Waals surface area contributed by atoms with Crippen molar-refractivity contribution in [2.75, 3.05) is 42.3 Å². The van der Waals surface area contributed by atoms with Gasteiger partial charge in [-0.3, -0.25) is 9.59 Å². The van der Waals surface area contributed by atoms with Gasteiger partial charge < -0.3 is 40.8 Å². The Hall–Kier alpha value is -5.39. The number of ether oxygens (including phenoxy) is 3. The maximum absolute atomic E-state index is 13.0. The standard InChI is InChI=1S/C30H36ClN11O6/c1-6-35-25-26-36-14-17(13-33)42(26)40-28(39-25)37-20-9-16(12-32)10-21(24(20)31)41-8-7-19(38-29(45)46-5)22(15-41)47-23(43)11-18(34)27(44)48-30(2,3)4/h9-10,14,18-19,22H,6-8,11,15,34H2,1-5H3,(H,38,45)(H2,35,37,39,40)/t18-,19+,22+/m0/s1. The Morgan fingerprint density at radius 1 is 1.23 bits per heavy atom. The van der Waals surface area contributed by atoms with E-state index in [2.05, 4.69) is 37.1 Å². The van der Waals surface area contributed by atoms with Crippen LogP contribution in [0.2, 0.25) is 5.02 Å². The number of piperidine rings is 1. The van der Waals surface area contributed by atoms with Crippen LogP contribution in [0, 0.1) is 22.7 Å². The van der Waals surface area contributed by atoms with Crippen molar-refractivity contribution in [3.8, 4) is 12.1 Å². The number of benzene rings is 1. The first-order valence-electron chi connectivity index (χ1n) is 14.9. The number of imidazole rings is 1. The second kappa shape index (κ2) is 15.0. The summed E-state index contributed by atoms with van der Waals surface area (Å²) in [5, 5.41) is 32.8. The van der Waals surface area contributed by atoms with Crippen LogP contribution >= 0.6 is 11.6 Å². The van der Waals surface area contributed by atoms with Gasteiger partial charge in [0.25, 0.3) is 0 Å². The van der Waals surface area contributed by atoms with E-state index < -0.39 is 48.2 Å². The highest BCUT2D eigenvalue weighted by molar-refractivity contribution is 6.36. The van der Waals surface area contributed by atoms with Crippen molar-refractivity contribution in [1.82, 2.24) is 24.9 Å². The first-order valence-corrected chi connectivity index (χ1v) is 15.3. The predicted molar refractivity (Wildman–Crippen MR) is 174 cm³/mol. The van der Waals surface area contributed by atoms with E-state index >= 15 is 0 Å². The summed E-state index contributed by atoms with van der Waals surface area (Å²) in [7, 11) is 1.21. The van der Waals surface area contributed by atoms with Gasteiger partial charge in [-0.2, -0.15) is 20.0 Å². The molecule has 1 amide bonds. The van der Waals surface area contributed by atoms with E-state index in [1.54, 1.807) is 31.7 Å². The van der Waals surface area contributed by atoms with Gasteiger partial charge in [-0.25, -0.2) is 9.78 Å². The zero-order chi connectivity index (χ0) is 35.2. The lowest BCUT2D eigenvalue weighted by atomic mass is 10.00. The molecule has 1 aliphatic rings. The highest BCUT2D eigenvalue weighted by Crippen LogP contribution is 2.37. The molecule has 1 aliphatic heterocycles. The van der Waals surface area contributed by atoms with Crippen LogP contribution in [0.3, 0.4) is 0 Å². The Kier molecular flexibility index (Phi) is 11.1. The number of esters is 2. The van der Waals surface area contributed by atoms with Crippen LogP contribution in [0.4, 0.5) is 27.9 Å². The molecule has 0 saturated carbocycles.